The van der Waals surface area contributed by atoms with E-state index in [0.29, 0.717) is 12.0 Å². The molecule has 0 aliphatic carbocycles. The molecule has 0 aromatic heterocycles. The zero-order valence-corrected chi connectivity index (χ0v) is 13.2. The Morgan fingerprint density at radius 1 is 1.32 bits per heavy atom. The topological polar surface area (TPSA) is 72.5 Å². The minimum atomic E-state index is -0.577. The van der Waals surface area contributed by atoms with Gasteiger partial charge in [0.1, 0.15) is 6.04 Å². The van der Waals surface area contributed by atoms with Crippen molar-refractivity contribution in [2.24, 2.45) is 5.92 Å². The number of thioether (sulfide) groups is 1. The standard InChI is InChI=1S/C16H19NO4S/c1-11(10-22-16(20)12-6-3-2-4-7-12)14(18)21-15(19)13-8-5-9-17-13/h2-4,6-7,11,13,17H,5,8-10H2,1H3/t11?,13-/m0/s1. The van der Waals surface area contributed by atoms with Crippen molar-refractivity contribution in [3.05, 3.63) is 35.9 Å². The molecule has 0 amide bonds. The van der Waals surface area contributed by atoms with Crippen LogP contribution in [0, 0.1) is 5.92 Å². The maximum Gasteiger partial charge on any atom is 0.330 e. The third kappa shape index (κ3) is 4.68. The van der Waals surface area contributed by atoms with E-state index in [4.69, 9.17) is 4.74 Å². The molecule has 118 valence electrons. The highest BCUT2D eigenvalue weighted by atomic mass is 32.2. The average Bonchev–Trinajstić information content (AvgIpc) is 3.07. The second kappa shape index (κ2) is 8.10. The van der Waals surface area contributed by atoms with Crippen molar-refractivity contribution in [2.45, 2.75) is 25.8 Å². The summed E-state index contributed by atoms with van der Waals surface area (Å²) in [5, 5.41) is 2.89. The van der Waals surface area contributed by atoms with Gasteiger partial charge in [-0.15, -0.1) is 0 Å². The molecule has 6 heteroatoms. The largest absolute Gasteiger partial charge is 0.392 e. The van der Waals surface area contributed by atoms with Crippen molar-refractivity contribution in [1.82, 2.24) is 5.32 Å². The number of carbonyl (C=O) groups is 3. The number of hydrogen-bond acceptors (Lipinski definition) is 6. The Kier molecular flexibility index (Phi) is 6.15. The van der Waals surface area contributed by atoms with Gasteiger partial charge in [-0.3, -0.25) is 9.59 Å². The molecule has 2 atom stereocenters. The van der Waals surface area contributed by atoms with E-state index in [9.17, 15) is 14.4 Å². The number of carbonyl (C=O) groups excluding carboxylic acids is 3. The summed E-state index contributed by atoms with van der Waals surface area (Å²) in [6.07, 6.45) is 1.60. The number of ether oxygens (including phenoxy) is 1. The van der Waals surface area contributed by atoms with Gasteiger partial charge >= 0.3 is 11.9 Å². The van der Waals surface area contributed by atoms with Crippen molar-refractivity contribution in [1.29, 1.82) is 0 Å². The van der Waals surface area contributed by atoms with E-state index in [0.717, 1.165) is 24.7 Å². The van der Waals surface area contributed by atoms with E-state index in [1.807, 2.05) is 6.07 Å². The van der Waals surface area contributed by atoms with Crippen LogP contribution in [0.5, 0.6) is 0 Å². The number of esters is 2. The van der Waals surface area contributed by atoms with Gasteiger partial charge in [-0.2, -0.15) is 0 Å². The molecule has 0 spiro atoms. The first-order valence-electron chi connectivity index (χ1n) is 7.29. The molecule has 0 bridgehead atoms. The lowest BCUT2D eigenvalue weighted by Crippen LogP contribution is -2.35. The molecule has 2 rings (SSSR count). The van der Waals surface area contributed by atoms with Gasteiger partial charge in [-0.25, -0.2) is 4.79 Å². The second-order valence-electron chi connectivity index (χ2n) is 5.25. The average molecular weight is 321 g/mol. The van der Waals surface area contributed by atoms with Gasteiger partial charge in [0.25, 0.3) is 0 Å². The summed E-state index contributed by atoms with van der Waals surface area (Å²) < 4.78 is 4.87. The molecule has 1 fully saturated rings. The van der Waals surface area contributed by atoms with Crippen LogP contribution in [-0.2, 0) is 14.3 Å². The SMILES string of the molecule is CC(CSC(=O)c1ccccc1)C(=O)OC(=O)[C@@H]1CCCN1. The highest BCUT2D eigenvalue weighted by Crippen LogP contribution is 2.17. The lowest BCUT2D eigenvalue weighted by atomic mass is 10.2. The molecule has 0 radical (unpaired) electrons. The number of hydrogen-bond donors (Lipinski definition) is 1. The van der Waals surface area contributed by atoms with Gasteiger partial charge in [0, 0.05) is 11.3 Å². The van der Waals surface area contributed by atoms with Crippen LogP contribution in [0.3, 0.4) is 0 Å². The molecule has 5 nitrogen and oxygen atoms in total. The fourth-order valence-electron chi connectivity index (χ4n) is 2.08. The maximum atomic E-state index is 11.9. The first-order chi connectivity index (χ1) is 10.6. The zero-order chi connectivity index (χ0) is 15.9. The molecule has 22 heavy (non-hydrogen) atoms. The van der Waals surface area contributed by atoms with Crippen LogP contribution < -0.4 is 5.32 Å². The Morgan fingerprint density at radius 3 is 2.68 bits per heavy atom. The summed E-state index contributed by atoms with van der Waals surface area (Å²) >= 11 is 1.06. The monoisotopic (exact) mass is 321 g/mol. The van der Waals surface area contributed by atoms with Gasteiger partial charge in [0.15, 0.2) is 0 Å². The van der Waals surface area contributed by atoms with Crippen molar-refractivity contribution in [2.75, 3.05) is 12.3 Å². The van der Waals surface area contributed by atoms with Crippen LogP contribution in [0.25, 0.3) is 0 Å². The predicted octanol–water partition coefficient (Wildman–Crippen LogP) is 2.02. The predicted molar refractivity (Wildman–Crippen MR) is 84.5 cm³/mol. The van der Waals surface area contributed by atoms with E-state index in [-0.39, 0.29) is 16.9 Å². The van der Waals surface area contributed by atoms with E-state index in [2.05, 4.69) is 5.32 Å². The first kappa shape index (κ1) is 16.7. The molecule has 0 saturated carbocycles. The Morgan fingerprint density at radius 2 is 2.05 bits per heavy atom. The molecule has 1 saturated heterocycles. The lowest BCUT2D eigenvalue weighted by Gasteiger charge is -2.12. The van der Waals surface area contributed by atoms with Crippen molar-refractivity contribution >= 4 is 28.8 Å². The second-order valence-corrected chi connectivity index (χ2v) is 6.25. The minimum absolute atomic E-state index is 0.0935. The normalized spacial score (nSPS) is 18.7. The molecular weight excluding hydrogens is 302 g/mol. The van der Waals surface area contributed by atoms with Crippen LogP contribution in [0.4, 0.5) is 0 Å². The van der Waals surface area contributed by atoms with Gasteiger partial charge in [-0.05, 0) is 19.4 Å². The molecule has 1 heterocycles. The van der Waals surface area contributed by atoms with E-state index in [1.165, 1.54) is 0 Å². The van der Waals surface area contributed by atoms with E-state index < -0.39 is 17.9 Å². The fraction of sp³-hybridized carbons (Fsp3) is 0.438. The molecule has 1 N–H and O–H groups in total. The Balaban J connectivity index is 1.76. The van der Waals surface area contributed by atoms with E-state index in [1.54, 1.807) is 31.2 Å². The number of rotatable bonds is 5. The Labute approximate surface area is 133 Å². The highest BCUT2D eigenvalue weighted by Gasteiger charge is 2.27. The van der Waals surface area contributed by atoms with Gasteiger partial charge in [0.05, 0.1) is 5.92 Å². The third-order valence-corrected chi connectivity index (χ3v) is 4.59. The molecule has 1 unspecified atom stereocenters. The summed E-state index contributed by atoms with van der Waals surface area (Å²) in [5.74, 6) is -1.32. The van der Waals surface area contributed by atoms with Gasteiger partial charge < -0.3 is 10.1 Å². The lowest BCUT2D eigenvalue weighted by molar-refractivity contribution is -0.163. The quantitative estimate of drug-likeness (QED) is 0.661. The third-order valence-electron chi connectivity index (χ3n) is 3.42. The summed E-state index contributed by atoms with van der Waals surface area (Å²) in [5.41, 5.74) is 0.597. The maximum absolute atomic E-state index is 11.9. The Bertz CT molecular complexity index is 540. The highest BCUT2D eigenvalue weighted by molar-refractivity contribution is 8.14. The van der Waals surface area contributed by atoms with Crippen molar-refractivity contribution < 1.29 is 19.1 Å². The van der Waals surface area contributed by atoms with Crippen molar-refractivity contribution in [3.63, 3.8) is 0 Å². The van der Waals surface area contributed by atoms with Gasteiger partial charge in [0.2, 0.25) is 5.12 Å². The Hall–Kier alpha value is -1.66. The summed E-state index contributed by atoms with van der Waals surface area (Å²) in [4.78, 5) is 35.5. The first-order valence-corrected chi connectivity index (χ1v) is 8.27. The fourth-order valence-corrected chi connectivity index (χ4v) is 2.92. The van der Waals surface area contributed by atoms with Crippen LogP contribution >= 0.6 is 11.8 Å². The zero-order valence-electron chi connectivity index (χ0n) is 12.4. The smallest absolute Gasteiger partial charge is 0.330 e. The van der Waals surface area contributed by atoms with Crippen molar-refractivity contribution in [3.8, 4) is 0 Å². The summed E-state index contributed by atoms with van der Waals surface area (Å²) in [6.45, 7) is 2.42. The van der Waals surface area contributed by atoms with Gasteiger partial charge in [-0.1, -0.05) is 49.0 Å². The molecule has 1 aliphatic rings. The molecule has 1 aromatic rings. The van der Waals surface area contributed by atoms with Crippen LogP contribution in [0.1, 0.15) is 30.1 Å². The van der Waals surface area contributed by atoms with Crippen LogP contribution in [-0.4, -0.2) is 35.4 Å². The number of benzene rings is 1. The van der Waals surface area contributed by atoms with Crippen LogP contribution in [0.2, 0.25) is 0 Å². The minimum Gasteiger partial charge on any atom is -0.392 e. The van der Waals surface area contributed by atoms with Crippen LogP contribution in [0.15, 0.2) is 30.3 Å². The number of nitrogens with one attached hydrogen (secondary N) is 1. The molecule has 1 aliphatic heterocycles. The molecular formula is C16H19NO4S. The summed E-state index contributed by atoms with van der Waals surface area (Å²) in [7, 11) is 0. The molecule has 1 aromatic carbocycles. The van der Waals surface area contributed by atoms with E-state index >= 15 is 0 Å². The summed E-state index contributed by atoms with van der Waals surface area (Å²) in [6, 6.07) is 8.50.